The fraction of sp³-hybridized carbons (Fsp3) is 0.460. The highest BCUT2D eigenvalue weighted by atomic mass is 35.5. The molecule has 2 N–H and O–H groups in total. The number of rotatable bonds is 16. The lowest BCUT2D eigenvalue weighted by Crippen LogP contribution is -2.47. The number of ether oxygens (including phenoxy) is 1. The summed E-state index contributed by atoms with van der Waals surface area (Å²) in [6, 6.07) is 31.0. The highest BCUT2D eigenvalue weighted by Crippen LogP contribution is 2.43. The van der Waals surface area contributed by atoms with E-state index < -0.39 is 4.92 Å². The van der Waals surface area contributed by atoms with Gasteiger partial charge in [-0.15, -0.1) is 11.8 Å². The topological polar surface area (TPSA) is 103 Å². The van der Waals surface area contributed by atoms with Crippen LogP contribution < -0.4 is 14.9 Å². The van der Waals surface area contributed by atoms with Gasteiger partial charge in [0.1, 0.15) is 5.69 Å². The van der Waals surface area contributed by atoms with E-state index in [-0.39, 0.29) is 11.6 Å². The second-order valence-corrected chi connectivity index (χ2v) is 20.1. The van der Waals surface area contributed by atoms with Crippen molar-refractivity contribution in [1.82, 2.24) is 14.5 Å². The van der Waals surface area contributed by atoms with Crippen molar-refractivity contribution in [3.63, 3.8) is 0 Å². The first-order chi connectivity index (χ1) is 30.4. The minimum atomic E-state index is -0.399. The van der Waals surface area contributed by atoms with Crippen LogP contribution in [0.5, 0.6) is 0 Å². The minimum absolute atomic E-state index is 0.0234. The molecule has 2 heterocycles. The summed E-state index contributed by atoms with van der Waals surface area (Å²) in [5.41, 5.74) is 6.70. The predicted octanol–water partition coefficient (Wildman–Crippen LogP) is 11.6. The van der Waals surface area contributed by atoms with Gasteiger partial charge >= 0.3 is 0 Å². The zero-order chi connectivity index (χ0) is 44.8. The lowest BCUT2D eigenvalue weighted by atomic mass is 9.73. The van der Waals surface area contributed by atoms with Gasteiger partial charge in [0.2, 0.25) is 0 Å². The van der Waals surface area contributed by atoms with E-state index in [1.54, 1.807) is 29.5 Å². The number of hydrogen-bond donors (Lipinski definition) is 2. The van der Waals surface area contributed by atoms with E-state index in [4.69, 9.17) is 16.3 Å². The zero-order valence-electron chi connectivity index (χ0n) is 37.6. The Labute approximate surface area is 388 Å². The Morgan fingerprint density at radius 2 is 1.60 bits per heavy atom. The maximum Gasteiger partial charge on any atom is 0.293 e. The molecule has 2 fully saturated rings. The number of benzene rings is 4. The summed E-state index contributed by atoms with van der Waals surface area (Å²) < 4.78 is 8.60. The van der Waals surface area contributed by atoms with E-state index >= 15 is 0 Å². The van der Waals surface area contributed by atoms with Gasteiger partial charge in [0, 0.05) is 90.2 Å². The number of allylic oxidation sites excluding steroid dienone is 1. The normalized spacial score (nSPS) is 17.3. The number of nitrogens with zero attached hydrogens (tertiary/aromatic N) is 4. The van der Waals surface area contributed by atoms with E-state index in [0.717, 1.165) is 78.9 Å². The molecule has 1 amide bonds. The van der Waals surface area contributed by atoms with Crippen molar-refractivity contribution in [3.05, 3.63) is 129 Å². The number of carbonyl (C=O) groups excluding carboxylic acids is 1. The Kier molecular flexibility index (Phi) is 18.3. The van der Waals surface area contributed by atoms with Gasteiger partial charge < -0.3 is 19.9 Å². The second kappa shape index (κ2) is 23.8. The monoisotopic (exact) mass is 912 g/mol. The first-order valence-corrected chi connectivity index (χ1v) is 24.6. The highest BCUT2D eigenvalue weighted by Gasteiger charge is 2.29. The van der Waals surface area contributed by atoms with Crippen LogP contribution in [-0.4, -0.2) is 97.5 Å². The number of piperidine rings is 1. The zero-order valence-corrected chi connectivity index (χ0v) is 40.0. The molecule has 0 atom stereocenters. The molecule has 10 nitrogen and oxygen atoms in total. The summed E-state index contributed by atoms with van der Waals surface area (Å²) in [6.07, 6.45) is 6.74. The number of piperazine rings is 1. The Hall–Kier alpha value is -4.04. The maximum atomic E-state index is 13.0. The summed E-state index contributed by atoms with van der Waals surface area (Å²) in [7, 11) is 0. The summed E-state index contributed by atoms with van der Waals surface area (Å²) >= 11 is 8.95. The molecule has 1 aliphatic carbocycles. The van der Waals surface area contributed by atoms with Gasteiger partial charge in [0.05, 0.1) is 17.1 Å². The number of hydrogen-bond acceptors (Lipinski definition) is 10. The molecule has 63 heavy (non-hydrogen) atoms. The van der Waals surface area contributed by atoms with Crippen molar-refractivity contribution in [3.8, 4) is 0 Å². The third-order valence-corrected chi connectivity index (χ3v) is 14.0. The van der Waals surface area contributed by atoms with Crippen molar-refractivity contribution in [2.24, 2.45) is 5.41 Å². The standard InChI is InChI=1S/C40H44ClN5O3S2.C10H21NO/c1-40(2)19-18-36(29-8-12-32(41)13-9-29)31(27-40)28-44-21-23-45(24-22-44)33-14-10-30(11-15-33)39(47)43-51-35-16-17-37(38(26-35)46(48)49)42-20-25-50-34-6-4-3-5-7-34;1-4-11-7-5-10(6-8-11)12-9(2)3/h3-17,26,42H,18-25,27-28H2,1-2H3,(H,43,47);9-10H,4-8H2,1-3H3. The number of thioether (sulfide) groups is 1. The molecule has 4 aromatic rings. The van der Waals surface area contributed by atoms with Crippen LogP contribution in [0.4, 0.5) is 17.1 Å². The summed E-state index contributed by atoms with van der Waals surface area (Å²) in [5, 5.41) is 15.8. The number of carbonyl (C=O) groups is 1. The van der Waals surface area contributed by atoms with Crippen LogP contribution in [-0.2, 0) is 4.74 Å². The number of nitrogens with one attached hydrogen (secondary N) is 2. The maximum absolute atomic E-state index is 13.0. The van der Waals surface area contributed by atoms with Crippen molar-refractivity contribution in [2.75, 3.05) is 74.9 Å². The Bertz CT molecular complexity index is 2100. The van der Waals surface area contributed by atoms with E-state index in [9.17, 15) is 14.9 Å². The molecule has 2 saturated heterocycles. The SMILES string of the molecule is CC1(C)CCC(c2ccc(Cl)cc2)=C(CN2CCN(c3ccc(C(=O)NSc4ccc(NCCSc5ccccc5)c([N+](=O)[O-])c4)cc3)CC2)C1.CCN1CCC(OC(C)C)CC1. The highest BCUT2D eigenvalue weighted by molar-refractivity contribution is 7.99. The van der Waals surface area contributed by atoms with Gasteiger partial charge in [0.15, 0.2) is 0 Å². The second-order valence-electron chi connectivity index (χ2n) is 17.6. The molecule has 4 aromatic carbocycles. The number of likely N-dealkylation sites (tertiary alicyclic amines) is 1. The largest absolute Gasteiger partial charge is 0.379 e. The fourth-order valence-electron chi connectivity index (χ4n) is 8.48. The first kappa shape index (κ1) is 48.4. The van der Waals surface area contributed by atoms with Crippen LogP contribution in [0.1, 0.15) is 82.6 Å². The minimum Gasteiger partial charge on any atom is -0.379 e. The lowest BCUT2D eigenvalue weighted by Gasteiger charge is -2.39. The molecule has 2 aliphatic heterocycles. The van der Waals surface area contributed by atoms with Crippen LogP contribution in [0.3, 0.4) is 0 Å². The molecule has 0 aromatic heterocycles. The molecular formula is C50H65ClN6O4S2. The number of anilines is 2. The first-order valence-electron chi connectivity index (χ1n) is 22.4. The van der Waals surface area contributed by atoms with E-state index in [0.29, 0.717) is 40.3 Å². The van der Waals surface area contributed by atoms with Crippen LogP contribution in [0.25, 0.3) is 5.57 Å². The van der Waals surface area contributed by atoms with Gasteiger partial charge in [-0.3, -0.25) is 24.5 Å². The quantitative estimate of drug-likeness (QED) is 0.0371. The van der Waals surface area contributed by atoms with Gasteiger partial charge in [-0.2, -0.15) is 0 Å². The van der Waals surface area contributed by atoms with Gasteiger partial charge in [-0.25, -0.2) is 0 Å². The lowest BCUT2D eigenvalue weighted by molar-refractivity contribution is -0.384. The van der Waals surface area contributed by atoms with Gasteiger partial charge in [0.25, 0.3) is 11.6 Å². The number of halogens is 1. The fourth-order valence-corrected chi connectivity index (χ4v) is 10.0. The van der Waals surface area contributed by atoms with E-state index in [1.807, 2.05) is 66.7 Å². The molecule has 0 unspecified atom stereocenters. The number of nitro benzene ring substituents is 1. The molecule has 13 heteroatoms. The molecule has 0 saturated carbocycles. The number of amides is 1. The molecule has 338 valence electrons. The van der Waals surface area contributed by atoms with Crippen LogP contribution >= 0.6 is 35.3 Å². The smallest absolute Gasteiger partial charge is 0.293 e. The molecule has 0 spiro atoms. The summed E-state index contributed by atoms with van der Waals surface area (Å²) in [4.78, 5) is 33.6. The summed E-state index contributed by atoms with van der Waals surface area (Å²) in [5.74, 6) is 0.520. The summed E-state index contributed by atoms with van der Waals surface area (Å²) in [6.45, 7) is 20.2. The Morgan fingerprint density at radius 1 is 0.905 bits per heavy atom. The van der Waals surface area contributed by atoms with E-state index in [1.165, 1.54) is 56.1 Å². The Balaban J connectivity index is 0.000000476. The van der Waals surface area contributed by atoms with Crippen LogP contribution in [0.2, 0.25) is 5.02 Å². The van der Waals surface area contributed by atoms with Crippen molar-refractivity contribution in [1.29, 1.82) is 0 Å². The van der Waals surface area contributed by atoms with Crippen molar-refractivity contribution >= 4 is 63.9 Å². The van der Waals surface area contributed by atoms with Crippen molar-refractivity contribution < 1.29 is 14.5 Å². The van der Waals surface area contributed by atoms with Crippen LogP contribution in [0.15, 0.2) is 112 Å². The average molecular weight is 914 g/mol. The van der Waals surface area contributed by atoms with E-state index in [2.05, 4.69) is 71.5 Å². The predicted molar refractivity (Wildman–Crippen MR) is 265 cm³/mol. The molecule has 0 radical (unpaired) electrons. The number of nitro groups is 1. The molecule has 0 bridgehead atoms. The van der Waals surface area contributed by atoms with Gasteiger partial charge in [-0.05, 0) is 142 Å². The van der Waals surface area contributed by atoms with Gasteiger partial charge in [-0.1, -0.05) is 68.3 Å². The van der Waals surface area contributed by atoms with Crippen molar-refractivity contribution in [2.45, 2.75) is 88.7 Å². The Morgan fingerprint density at radius 3 is 2.25 bits per heavy atom. The molecule has 7 rings (SSSR count). The third-order valence-electron chi connectivity index (χ3n) is 11.9. The third kappa shape index (κ3) is 15.0. The van der Waals surface area contributed by atoms with Crippen LogP contribution in [0, 0.1) is 15.5 Å². The average Bonchev–Trinajstić information content (AvgIpc) is 3.28. The molecule has 3 aliphatic rings. The molecular weight excluding hydrogens is 848 g/mol.